The molecule has 0 aliphatic rings. The SMILES string of the molecule is CCc1ccc(OC(C)c2nnc(SCC(=O)Nc3ccccc3C(N)=O)n2CC)cc1. The van der Waals surface area contributed by atoms with Crippen LogP contribution in [0.15, 0.2) is 53.7 Å². The number of para-hydroxylation sites is 1. The zero-order valence-electron chi connectivity index (χ0n) is 18.4. The Morgan fingerprint density at radius 2 is 1.84 bits per heavy atom. The average Bonchev–Trinajstić information content (AvgIpc) is 3.21. The number of hydrogen-bond donors (Lipinski definition) is 2. The molecular formula is C23H27N5O3S. The summed E-state index contributed by atoms with van der Waals surface area (Å²) in [6, 6.07) is 14.6. The van der Waals surface area contributed by atoms with Crippen molar-refractivity contribution in [2.24, 2.45) is 5.73 Å². The Bertz CT molecular complexity index is 1080. The molecule has 3 rings (SSSR count). The predicted octanol–water partition coefficient (Wildman–Crippen LogP) is 3.83. The minimum absolute atomic E-state index is 0.110. The lowest BCUT2D eigenvalue weighted by Gasteiger charge is -2.16. The van der Waals surface area contributed by atoms with Crippen molar-refractivity contribution < 1.29 is 14.3 Å². The number of nitrogens with zero attached hydrogens (tertiary/aromatic N) is 3. The lowest BCUT2D eigenvalue weighted by Crippen LogP contribution is -2.19. The van der Waals surface area contributed by atoms with Gasteiger partial charge in [-0.25, -0.2) is 0 Å². The number of benzene rings is 2. The second-order valence-corrected chi connectivity index (χ2v) is 8.03. The van der Waals surface area contributed by atoms with Crippen LogP contribution in [0.4, 0.5) is 5.69 Å². The smallest absolute Gasteiger partial charge is 0.250 e. The van der Waals surface area contributed by atoms with Gasteiger partial charge in [-0.05, 0) is 50.1 Å². The van der Waals surface area contributed by atoms with Gasteiger partial charge < -0.3 is 20.4 Å². The topological polar surface area (TPSA) is 112 Å². The minimum atomic E-state index is -0.595. The number of aromatic nitrogens is 3. The van der Waals surface area contributed by atoms with Gasteiger partial charge in [-0.15, -0.1) is 10.2 Å². The number of amides is 2. The minimum Gasteiger partial charge on any atom is -0.483 e. The standard InChI is InChI=1S/C23H27N5O3S/c1-4-16-10-12-17(13-11-16)31-15(3)22-26-27-23(28(22)5-2)32-14-20(29)25-19-9-7-6-8-18(19)21(24)30/h6-13,15H,4-5,14H2,1-3H3,(H2,24,30)(H,25,29). The number of carbonyl (C=O) groups excluding carboxylic acids is 2. The Labute approximate surface area is 191 Å². The Morgan fingerprint density at radius 3 is 2.50 bits per heavy atom. The molecule has 1 heterocycles. The number of carbonyl (C=O) groups is 2. The number of thioether (sulfide) groups is 1. The Morgan fingerprint density at radius 1 is 1.12 bits per heavy atom. The molecule has 0 aliphatic heterocycles. The van der Waals surface area contributed by atoms with Crippen LogP contribution in [-0.4, -0.2) is 32.3 Å². The van der Waals surface area contributed by atoms with Crippen LogP contribution in [0.3, 0.4) is 0 Å². The van der Waals surface area contributed by atoms with E-state index in [0.717, 1.165) is 12.2 Å². The number of hydrogen-bond acceptors (Lipinski definition) is 6. The van der Waals surface area contributed by atoms with E-state index in [2.05, 4.69) is 22.4 Å². The second kappa shape index (κ2) is 10.8. The highest BCUT2D eigenvalue weighted by atomic mass is 32.2. The summed E-state index contributed by atoms with van der Waals surface area (Å²) in [6.07, 6.45) is 0.669. The fourth-order valence-electron chi connectivity index (χ4n) is 3.19. The normalized spacial score (nSPS) is 11.7. The first-order chi connectivity index (χ1) is 15.4. The molecule has 1 unspecified atom stereocenters. The first-order valence-corrected chi connectivity index (χ1v) is 11.4. The Balaban J connectivity index is 1.64. The summed E-state index contributed by atoms with van der Waals surface area (Å²) >= 11 is 1.27. The fraction of sp³-hybridized carbons (Fsp3) is 0.304. The number of primary amides is 1. The maximum Gasteiger partial charge on any atom is 0.250 e. The van der Waals surface area contributed by atoms with Crippen LogP contribution < -0.4 is 15.8 Å². The average molecular weight is 454 g/mol. The third kappa shape index (κ3) is 5.67. The number of ether oxygens (including phenoxy) is 1. The number of nitrogens with one attached hydrogen (secondary N) is 1. The van der Waals surface area contributed by atoms with Crippen molar-refractivity contribution in [2.45, 2.75) is 45.0 Å². The van der Waals surface area contributed by atoms with Gasteiger partial charge in [-0.2, -0.15) is 0 Å². The van der Waals surface area contributed by atoms with E-state index in [1.54, 1.807) is 24.3 Å². The van der Waals surface area contributed by atoms with Gasteiger partial charge in [0.15, 0.2) is 17.1 Å². The highest BCUT2D eigenvalue weighted by molar-refractivity contribution is 7.99. The maximum absolute atomic E-state index is 12.4. The van der Waals surface area contributed by atoms with Crippen molar-refractivity contribution in [2.75, 3.05) is 11.1 Å². The molecule has 1 aromatic heterocycles. The molecule has 0 bridgehead atoms. The van der Waals surface area contributed by atoms with E-state index in [0.29, 0.717) is 23.2 Å². The van der Waals surface area contributed by atoms with Crippen LogP contribution in [0.2, 0.25) is 0 Å². The van der Waals surface area contributed by atoms with E-state index in [-0.39, 0.29) is 23.3 Å². The third-order valence-corrected chi connectivity index (χ3v) is 5.84. The van der Waals surface area contributed by atoms with E-state index in [1.165, 1.54) is 17.3 Å². The summed E-state index contributed by atoms with van der Waals surface area (Å²) in [6.45, 7) is 6.66. The molecule has 8 nitrogen and oxygen atoms in total. The summed E-state index contributed by atoms with van der Waals surface area (Å²) < 4.78 is 7.97. The predicted molar refractivity (Wildman–Crippen MR) is 125 cm³/mol. The highest BCUT2D eigenvalue weighted by Crippen LogP contribution is 2.25. The largest absolute Gasteiger partial charge is 0.483 e. The van der Waals surface area contributed by atoms with Crippen molar-refractivity contribution in [1.82, 2.24) is 14.8 Å². The van der Waals surface area contributed by atoms with Crippen LogP contribution in [-0.2, 0) is 17.8 Å². The molecule has 0 saturated heterocycles. The molecule has 0 radical (unpaired) electrons. The van der Waals surface area contributed by atoms with Gasteiger partial charge in [0.2, 0.25) is 5.91 Å². The second-order valence-electron chi connectivity index (χ2n) is 7.09. The Kier molecular flexibility index (Phi) is 7.88. The summed E-state index contributed by atoms with van der Waals surface area (Å²) in [5.74, 6) is 0.702. The first-order valence-electron chi connectivity index (χ1n) is 10.4. The summed E-state index contributed by atoms with van der Waals surface area (Å²) in [5.41, 5.74) is 7.27. The quantitative estimate of drug-likeness (QED) is 0.451. The van der Waals surface area contributed by atoms with E-state index < -0.39 is 5.91 Å². The first kappa shape index (κ1) is 23.3. The van der Waals surface area contributed by atoms with Crippen molar-refractivity contribution >= 4 is 29.3 Å². The van der Waals surface area contributed by atoms with Crippen molar-refractivity contribution in [3.05, 3.63) is 65.5 Å². The molecule has 1 atom stereocenters. The van der Waals surface area contributed by atoms with Gasteiger partial charge in [0, 0.05) is 6.54 Å². The molecule has 32 heavy (non-hydrogen) atoms. The van der Waals surface area contributed by atoms with Crippen molar-refractivity contribution in [3.8, 4) is 5.75 Å². The van der Waals surface area contributed by atoms with Gasteiger partial charge in [0.25, 0.3) is 5.91 Å². The number of anilines is 1. The number of nitrogens with two attached hydrogens (primary N) is 1. The Hall–Kier alpha value is -3.33. The molecular weight excluding hydrogens is 426 g/mol. The molecule has 168 valence electrons. The molecule has 0 aliphatic carbocycles. The van der Waals surface area contributed by atoms with E-state index in [9.17, 15) is 9.59 Å². The zero-order valence-corrected chi connectivity index (χ0v) is 19.2. The van der Waals surface area contributed by atoms with E-state index in [4.69, 9.17) is 10.5 Å². The maximum atomic E-state index is 12.4. The van der Waals surface area contributed by atoms with E-state index in [1.807, 2.05) is 42.7 Å². The van der Waals surface area contributed by atoms with Crippen LogP contribution in [0.1, 0.15) is 48.6 Å². The van der Waals surface area contributed by atoms with Crippen LogP contribution in [0.5, 0.6) is 5.75 Å². The van der Waals surface area contributed by atoms with Gasteiger partial charge in [-0.1, -0.05) is 43.0 Å². The summed E-state index contributed by atoms with van der Waals surface area (Å²) in [7, 11) is 0. The lowest BCUT2D eigenvalue weighted by molar-refractivity contribution is -0.113. The molecule has 0 fully saturated rings. The lowest BCUT2D eigenvalue weighted by atomic mass is 10.1. The van der Waals surface area contributed by atoms with Gasteiger partial charge in [0.1, 0.15) is 5.75 Å². The van der Waals surface area contributed by atoms with Crippen LogP contribution in [0, 0.1) is 0 Å². The number of rotatable bonds is 10. The monoisotopic (exact) mass is 453 g/mol. The molecule has 3 aromatic rings. The summed E-state index contributed by atoms with van der Waals surface area (Å²) in [5, 5.41) is 11.9. The molecule has 2 aromatic carbocycles. The summed E-state index contributed by atoms with van der Waals surface area (Å²) in [4.78, 5) is 24.0. The van der Waals surface area contributed by atoms with Crippen LogP contribution >= 0.6 is 11.8 Å². The molecule has 2 amide bonds. The van der Waals surface area contributed by atoms with Crippen molar-refractivity contribution in [1.29, 1.82) is 0 Å². The third-order valence-electron chi connectivity index (χ3n) is 4.87. The van der Waals surface area contributed by atoms with Crippen LogP contribution in [0.25, 0.3) is 0 Å². The van der Waals surface area contributed by atoms with Gasteiger partial charge in [-0.3, -0.25) is 9.59 Å². The van der Waals surface area contributed by atoms with Gasteiger partial charge in [0.05, 0.1) is 17.0 Å². The molecule has 9 heteroatoms. The van der Waals surface area contributed by atoms with E-state index >= 15 is 0 Å². The number of aryl methyl sites for hydroxylation is 1. The molecule has 0 saturated carbocycles. The highest BCUT2D eigenvalue weighted by Gasteiger charge is 2.20. The van der Waals surface area contributed by atoms with Gasteiger partial charge >= 0.3 is 0 Å². The zero-order chi connectivity index (χ0) is 23.1. The molecule has 0 spiro atoms. The van der Waals surface area contributed by atoms with Crippen molar-refractivity contribution in [3.63, 3.8) is 0 Å². The fourth-order valence-corrected chi connectivity index (χ4v) is 4.00. The molecule has 3 N–H and O–H groups in total.